The maximum Gasteiger partial charge on any atom is 0.223 e. The molecule has 6 heteroatoms. The first-order chi connectivity index (χ1) is 9.99. The van der Waals surface area contributed by atoms with Crippen LogP contribution in [0.4, 0.5) is 22.0 Å². The van der Waals surface area contributed by atoms with Crippen molar-refractivity contribution >= 4 is 17.6 Å². The molecule has 112 valence electrons. The number of hydrogen-bond acceptors (Lipinski definition) is 5. The van der Waals surface area contributed by atoms with Crippen LogP contribution in [-0.2, 0) is 6.54 Å². The normalized spacial score (nSPS) is 10.5. The number of hydrogen-bond donors (Lipinski definition) is 3. The smallest absolute Gasteiger partial charge is 0.223 e. The minimum absolute atomic E-state index is 0.153. The van der Waals surface area contributed by atoms with E-state index in [1.54, 1.807) is 19.9 Å². The molecule has 0 atom stereocenters. The summed E-state index contributed by atoms with van der Waals surface area (Å²) in [4.78, 5) is 8.22. The van der Waals surface area contributed by atoms with Crippen molar-refractivity contribution in [3.8, 4) is 0 Å². The Morgan fingerprint density at radius 3 is 2.19 bits per heavy atom. The Kier molecular flexibility index (Phi) is 4.57. The summed E-state index contributed by atoms with van der Waals surface area (Å²) in [7, 11) is 0. The molecular formula is C15H20FN5. The van der Waals surface area contributed by atoms with Gasteiger partial charge in [0.2, 0.25) is 5.95 Å². The first kappa shape index (κ1) is 15.0. The lowest BCUT2D eigenvalue weighted by molar-refractivity contribution is 0.608. The van der Waals surface area contributed by atoms with Gasteiger partial charge in [0.25, 0.3) is 0 Å². The predicted molar refractivity (Wildman–Crippen MR) is 83.8 cm³/mol. The van der Waals surface area contributed by atoms with Crippen LogP contribution in [0.5, 0.6) is 0 Å². The maximum atomic E-state index is 13.6. The van der Waals surface area contributed by atoms with Crippen LogP contribution in [0.3, 0.4) is 0 Å². The van der Waals surface area contributed by atoms with E-state index in [-0.39, 0.29) is 11.8 Å². The summed E-state index contributed by atoms with van der Waals surface area (Å²) in [5.74, 6) is 1.37. The van der Waals surface area contributed by atoms with Crippen molar-refractivity contribution in [1.29, 1.82) is 0 Å². The minimum atomic E-state index is -0.153. The van der Waals surface area contributed by atoms with Gasteiger partial charge in [0.1, 0.15) is 17.5 Å². The zero-order chi connectivity index (χ0) is 15.4. The van der Waals surface area contributed by atoms with Gasteiger partial charge in [-0.3, -0.25) is 0 Å². The van der Waals surface area contributed by atoms with E-state index in [2.05, 4.69) is 20.6 Å². The van der Waals surface area contributed by atoms with Crippen molar-refractivity contribution < 1.29 is 4.39 Å². The van der Waals surface area contributed by atoms with E-state index in [4.69, 9.17) is 5.73 Å². The van der Waals surface area contributed by atoms with Crippen molar-refractivity contribution in [1.82, 2.24) is 9.97 Å². The molecule has 1 aromatic heterocycles. The van der Waals surface area contributed by atoms with Crippen LogP contribution in [-0.4, -0.2) is 16.5 Å². The number of rotatable bonds is 5. The largest absolute Gasteiger partial charge is 0.370 e. The fraction of sp³-hybridized carbons (Fsp3) is 0.333. The highest BCUT2D eigenvalue weighted by molar-refractivity contribution is 5.51. The van der Waals surface area contributed by atoms with Crippen LogP contribution < -0.4 is 16.4 Å². The van der Waals surface area contributed by atoms with Crippen LogP contribution >= 0.6 is 0 Å². The van der Waals surface area contributed by atoms with Gasteiger partial charge in [-0.25, -0.2) is 4.39 Å². The first-order valence-corrected chi connectivity index (χ1v) is 6.87. The third-order valence-corrected chi connectivity index (χ3v) is 3.07. The molecule has 0 aliphatic carbocycles. The van der Waals surface area contributed by atoms with Gasteiger partial charge in [-0.1, -0.05) is 12.1 Å². The van der Waals surface area contributed by atoms with Gasteiger partial charge >= 0.3 is 0 Å². The monoisotopic (exact) mass is 289 g/mol. The van der Waals surface area contributed by atoms with E-state index in [1.165, 1.54) is 0 Å². The van der Waals surface area contributed by atoms with Gasteiger partial charge in [0.15, 0.2) is 0 Å². The molecule has 1 heterocycles. The topological polar surface area (TPSA) is 75.9 Å². The number of nitrogens with two attached hydrogens (primary N) is 1. The molecule has 4 N–H and O–H groups in total. The second kappa shape index (κ2) is 6.39. The molecule has 0 fully saturated rings. The van der Waals surface area contributed by atoms with Gasteiger partial charge in [-0.2, -0.15) is 9.97 Å². The molecule has 0 saturated carbocycles. The Balaban J connectivity index is 2.12. The van der Waals surface area contributed by atoms with Crippen molar-refractivity contribution in [3.05, 3.63) is 40.7 Å². The second-order valence-electron chi connectivity index (χ2n) is 4.92. The third-order valence-electron chi connectivity index (χ3n) is 3.07. The van der Waals surface area contributed by atoms with Crippen molar-refractivity contribution in [2.24, 2.45) is 0 Å². The summed E-state index contributed by atoms with van der Waals surface area (Å²) in [5.41, 5.74) is 7.95. The van der Waals surface area contributed by atoms with Crippen LogP contribution in [0.25, 0.3) is 0 Å². The zero-order valence-corrected chi connectivity index (χ0v) is 12.5. The molecule has 0 bridgehead atoms. The van der Waals surface area contributed by atoms with Gasteiger partial charge in [-0.15, -0.1) is 0 Å². The molecule has 0 spiro atoms. The Labute approximate surface area is 123 Å². The second-order valence-corrected chi connectivity index (χ2v) is 4.92. The van der Waals surface area contributed by atoms with Crippen LogP contribution in [0.1, 0.15) is 23.6 Å². The molecule has 0 amide bonds. The van der Waals surface area contributed by atoms with Gasteiger partial charge in [0, 0.05) is 19.2 Å². The number of nitrogens with one attached hydrogen (secondary N) is 2. The van der Waals surface area contributed by atoms with E-state index in [0.29, 0.717) is 29.3 Å². The van der Waals surface area contributed by atoms with Crippen LogP contribution in [0.2, 0.25) is 0 Å². The summed E-state index contributed by atoms with van der Waals surface area (Å²) < 4.78 is 13.6. The molecule has 0 radical (unpaired) electrons. The fourth-order valence-corrected chi connectivity index (χ4v) is 2.16. The standard InChI is InChI=1S/C15H20FN5/c1-4-18-12-7-13(21-15(17)20-12)19-8-11-5-9(2)14(16)10(3)6-11/h5-7H,4,8H2,1-3H3,(H4,17,18,19,20,21). The highest BCUT2D eigenvalue weighted by atomic mass is 19.1. The van der Waals surface area contributed by atoms with Crippen molar-refractivity contribution in [2.45, 2.75) is 27.3 Å². The molecular weight excluding hydrogens is 269 g/mol. The van der Waals surface area contributed by atoms with Crippen molar-refractivity contribution in [2.75, 3.05) is 22.9 Å². The predicted octanol–water partition coefficient (Wildman–Crippen LogP) is 2.86. The highest BCUT2D eigenvalue weighted by Crippen LogP contribution is 2.17. The average molecular weight is 289 g/mol. The Hall–Kier alpha value is -2.37. The van der Waals surface area contributed by atoms with Crippen molar-refractivity contribution in [3.63, 3.8) is 0 Å². The number of anilines is 3. The van der Waals surface area contributed by atoms with E-state index < -0.39 is 0 Å². The highest BCUT2D eigenvalue weighted by Gasteiger charge is 2.06. The average Bonchev–Trinajstić information content (AvgIpc) is 2.42. The van der Waals surface area contributed by atoms with E-state index >= 15 is 0 Å². The number of aryl methyl sites for hydroxylation is 2. The summed E-state index contributed by atoms with van der Waals surface area (Å²) in [5, 5.41) is 6.27. The molecule has 0 aliphatic heterocycles. The van der Waals surface area contributed by atoms with Crippen LogP contribution in [0, 0.1) is 19.7 Å². The molecule has 21 heavy (non-hydrogen) atoms. The van der Waals surface area contributed by atoms with E-state index in [0.717, 1.165) is 12.1 Å². The molecule has 2 rings (SSSR count). The Morgan fingerprint density at radius 1 is 1.05 bits per heavy atom. The summed E-state index contributed by atoms with van der Waals surface area (Å²) >= 11 is 0. The number of halogens is 1. The maximum absolute atomic E-state index is 13.6. The Bertz CT molecular complexity index is 619. The van der Waals surface area contributed by atoms with Gasteiger partial charge in [-0.05, 0) is 37.5 Å². The molecule has 2 aromatic rings. The number of nitrogen functional groups attached to an aromatic ring is 1. The molecule has 0 saturated heterocycles. The van der Waals surface area contributed by atoms with Crippen LogP contribution in [0.15, 0.2) is 18.2 Å². The lowest BCUT2D eigenvalue weighted by atomic mass is 10.1. The quantitative estimate of drug-likeness (QED) is 0.789. The fourth-order valence-electron chi connectivity index (χ4n) is 2.16. The zero-order valence-electron chi connectivity index (χ0n) is 12.5. The SMILES string of the molecule is CCNc1cc(NCc2cc(C)c(F)c(C)c2)nc(N)n1. The summed E-state index contributed by atoms with van der Waals surface area (Å²) in [6.45, 7) is 6.81. The number of benzene rings is 1. The minimum Gasteiger partial charge on any atom is -0.370 e. The van der Waals surface area contributed by atoms with E-state index in [1.807, 2.05) is 19.1 Å². The van der Waals surface area contributed by atoms with E-state index in [9.17, 15) is 4.39 Å². The molecule has 0 aliphatic rings. The first-order valence-electron chi connectivity index (χ1n) is 6.87. The summed E-state index contributed by atoms with van der Waals surface area (Å²) in [6, 6.07) is 5.44. The van der Waals surface area contributed by atoms with Gasteiger partial charge < -0.3 is 16.4 Å². The Morgan fingerprint density at radius 2 is 1.62 bits per heavy atom. The molecule has 0 unspecified atom stereocenters. The van der Waals surface area contributed by atoms with Gasteiger partial charge in [0.05, 0.1) is 0 Å². The number of aromatic nitrogens is 2. The lowest BCUT2D eigenvalue weighted by Gasteiger charge is -2.10. The lowest BCUT2D eigenvalue weighted by Crippen LogP contribution is -2.08. The third kappa shape index (κ3) is 3.81. The molecule has 1 aromatic carbocycles. The number of nitrogens with zero attached hydrogens (tertiary/aromatic N) is 2. The summed E-state index contributed by atoms with van der Waals surface area (Å²) in [6.07, 6.45) is 0. The molecule has 5 nitrogen and oxygen atoms in total.